The summed E-state index contributed by atoms with van der Waals surface area (Å²) >= 11 is 3.47. The molecular weight excluding hydrogens is 262 g/mol. The topological polar surface area (TPSA) is 4.93 Å². The molecule has 0 aliphatic carbocycles. The first-order valence-electron chi connectivity index (χ1n) is 5.49. The molecule has 0 N–H and O–H groups in total. The lowest BCUT2D eigenvalue weighted by Gasteiger charge is -2.19. The molecule has 1 nitrogen and oxygen atoms in total. The zero-order valence-electron chi connectivity index (χ0n) is 9.87. The molecule has 0 saturated carbocycles. The SMILES string of the molecule is Cc1ccc(C)n1C(C)c1ccc(Br)cc1. The minimum Gasteiger partial charge on any atom is -0.342 e. The minimum absolute atomic E-state index is 0.392. The first-order chi connectivity index (χ1) is 7.59. The van der Waals surface area contributed by atoms with Gasteiger partial charge in [-0.25, -0.2) is 0 Å². The van der Waals surface area contributed by atoms with Crippen LogP contribution < -0.4 is 0 Å². The first kappa shape index (κ1) is 11.5. The molecule has 84 valence electrons. The third-order valence-electron chi connectivity index (χ3n) is 3.07. The molecule has 2 aromatic rings. The van der Waals surface area contributed by atoms with Crippen LogP contribution in [0.2, 0.25) is 0 Å². The molecule has 1 aromatic carbocycles. The Morgan fingerprint density at radius 1 is 0.938 bits per heavy atom. The molecule has 2 heteroatoms. The van der Waals surface area contributed by atoms with Crippen molar-refractivity contribution in [2.75, 3.05) is 0 Å². The van der Waals surface area contributed by atoms with Gasteiger partial charge in [0.25, 0.3) is 0 Å². The molecule has 1 heterocycles. The normalized spacial score (nSPS) is 12.8. The van der Waals surface area contributed by atoms with E-state index in [0.29, 0.717) is 6.04 Å². The van der Waals surface area contributed by atoms with Crippen molar-refractivity contribution < 1.29 is 0 Å². The van der Waals surface area contributed by atoms with E-state index in [9.17, 15) is 0 Å². The summed E-state index contributed by atoms with van der Waals surface area (Å²) in [7, 11) is 0. The zero-order chi connectivity index (χ0) is 11.7. The summed E-state index contributed by atoms with van der Waals surface area (Å²) in [6.45, 7) is 6.55. The lowest BCUT2D eigenvalue weighted by Crippen LogP contribution is -2.09. The Hall–Kier alpha value is -1.02. The van der Waals surface area contributed by atoms with Crippen LogP contribution in [0.15, 0.2) is 40.9 Å². The van der Waals surface area contributed by atoms with Gasteiger partial charge in [-0.15, -0.1) is 0 Å². The highest BCUT2D eigenvalue weighted by Gasteiger charge is 2.11. The molecule has 1 unspecified atom stereocenters. The standard InChI is InChI=1S/C14H16BrN/c1-10-4-5-11(2)16(10)12(3)13-6-8-14(15)9-7-13/h4-9,12H,1-3H3. The summed E-state index contributed by atoms with van der Waals surface area (Å²) in [6.07, 6.45) is 0. The maximum absolute atomic E-state index is 3.47. The van der Waals surface area contributed by atoms with Crippen LogP contribution >= 0.6 is 15.9 Å². The number of benzene rings is 1. The smallest absolute Gasteiger partial charge is 0.0556 e. The van der Waals surface area contributed by atoms with Gasteiger partial charge < -0.3 is 4.57 Å². The number of hydrogen-bond acceptors (Lipinski definition) is 0. The number of rotatable bonds is 2. The van der Waals surface area contributed by atoms with Crippen molar-refractivity contribution in [1.82, 2.24) is 4.57 Å². The fourth-order valence-corrected chi connectivity index (χ4v) is 2.45. The number of hydrogen-bond donors (Lipinski definition) is 0. The average molecular weight is 278 g/mol. The third-order valence-corrected chi connectivity index (χ3v) is 3.59. The van der Waals surface area contributed by atoms with E-state index in [-0.39, 0.29) is 0 Å². The second kappa shape index (κ2) is 4.46. The Bertz CT molecular complexity index is 462. The highest BCUT2D eigenvalue weighted by molar-refractivity contribution is 9.10. The zero-order valence-corrected chi connectivity index (χ0v) is 11.5. The van der Waals surface area contributed by atoms with E-state index in [4.69, 9.17) is 0 Å². The summed E-state index contributed by atoms with van der Waals surface area (Å²) < 4.78 is 3.49. The van der Waals surface area contributed by atoms with Gasteiger partial charge in [-0.2, -0.15) is 0 Å². The quantitative estimate of drug-likeness (QED) is 0.763. The molecule has 0 radical (unpaired) electrons. The highest BCUT2D eigenvalue weighted by atomic mass is 79.9. The summed E-state index contributed by atoms with van der Waals surface area (Å²) in [5.41, 5.74) is 3.96. The van der Waals surface area contributed by atoms with Gasteiger partial charge in [0.1, 0.15) is 0 Å². The van der Waals surface area contributed by atoms with Gasteiger partial charge >= 0.3 is 0 Å². The van der Waals surface area contributed by atoms with Crippen molar-refractivity contribution in [3.05, 3.63) is 57.8 Å². The van der Waals surface area contributed by atoms with E-state index in [0.717, 1.165) is 4.47 Å². The van der Waals surface area contributed by atoms with Gasteiger partial charge in [0, 0.05) is 15.9 Å². The van der Waals surface area contributed by atoms with Crippen LogP contribution in [0, 0.1) is 13.8 Å². The van der Waals surface area contributed by atoms with Crippen LogP contribution in [0.3, 0.4) is 0 Å². The Morgan fingerprint density at radius 2 is 1.44 bits per heavy atom. The van der Waals surface area contributed by atoms with Gasteiger partial charge in [-0.05, 0) is 50.6 Å². The molecule has 0 aliphatic rings. The Morgan fingerprint density at radius 3 is 1.94 bits per heavy atom. The van der Waals surface area contributed by atoms with E-state index < -0.39 is 0 Å². The lowest BCUT2D eigenvalue weighted by atomic mass is 10.1. The van der Waals surface area contributed by atoms with Crippen LogP contribution in [0.1, 0.15) is 29.9 Å². The number of aromatic nitrogens is 1. The molecule has 0 bridgehead atoms. The van der Waals surface area contributed by atoms with Crippen molar-refractivity contribution >= 4 is 15.9 Å². The number of halogens is 1. The molecule has 0 saturated heterocycles. The lowest BCUT2D eigenvalue weighted by molar-refractivity contribution is 0.610. The van der Waals surface area contributed by atoms with E-state index >= 15 is 0 Å². The van der Waals surface area contributed by atoms with Crippen molar-refractivity contribution in [3.63, 3.8) is 0 Å². The summed E-state index contributed by atoms with van der Waals surface area (Å²) in [5.74, 6) is 0. The van der Waals surface area contributed by atoms with Crippen LogP contribution in [0.25, 0.3) is 0 Å². The van der Waals surface area contributed by atoms with E-state index in [1.165, 1.54) is 17.0 Å². The molecule has 0 fully saturated rings. The molecule has 0 aliphatic heterocycles. The van der Waals surface area contributed by atoms with Crippen LogP contribution in [0.4, 0.5) is 0 Å². The summed E-state index contributed by atoms with van der Waals surface area (Å²) in [6, 6.07) is 13.3. The van der Waals surface area contributed by atoms with Crippen LogP contribution in [0.5, 0.6) is 0 Å². The average Bonchev–Trinajstić information content (AvgIpc) is 2.59. The maximum atomic E-state index is 3.47. The molecule has 1 atom stereocenters. The second-order valence-corrected chi connectivity index (χ2v) is 5.13. The van der Waals surface area contributed by atoms with Gasteiger partial charge in [0.05, 0.1) is 6.04 Å². The summed E-state index contributed by atoms with van der Waals surface area (Å²) in [5, 5.41) is 0. The van der Waals surface area contributed by atoms with E-state index in [1.807, 2.05) is 0 Å². The highest BCUT2D eigenvalue weighted by Crippen LogP contribution is 2.23. The van der Waals surface area contributed by atoms with Gasteiger partial charge in [-0.3, -0.25) is 0 Å². The van der Waals surface area contributed by atoms with Crippen molar-refractivity contribution in [3.8, 4) is 0 Å². The van der Waals surface area contributed by atoms with Crippen molar-refractivity contribution in [2.45, 2.75) is 26.8 Å². The van der Waals surface area contributed by atoms with Gasteiger partial charge in [-0.1, -0.05) is 28.1 Å². The molecule has 2 rings (SSSR count). The van der Waals surface area contributed by atoms with Crippen molar-refractivity contribution in [2.24, 2.45) is 0 Å². The van der Waals surface area contributed by atoms with E-state index in [1.54, 1.807) is 0 Å². The van der Waals surface area contributed by atoms with E-state index in [2.05, 4.69) is 77.7 Å². The van der Waals surface area contributed by atoms with Crippen molar-refractivity contribution in [1.29, 1.82) is 0 Å². The predicted octanol–water partition coefficient (Wildman–Crippen LogP) is 4.48. The van der Waals surface area contributed by atoms with Crippen LogP contribution in [-0.4, -0.2) is 4.57 Å². The maximum Gasteiger partial charge on any atom is 0.0556 e. The monoisotopic (exact) mass is 277 g/mol. The third kappa shape index (κ3) is 2.07. The Balaban J connectivity index is 2.39. The predicted molar refractivity (Wildman–Crippen MR) is 71.9 cm³/mol. The minimum atomic E-state index is 0.392. The molecule has 0 spiro atoms. The Labute approximate surface area is 105 Å². The fraction of sp³-hybridized carbons (Fsp3) is 0.286. The summed E-state index contributed by atoms with van der Waals surface area (Å²) in [4.78, 5) is 0. The molecule has 16 heavy (non-hydrogen) atoms. The molecular formula is C14H16BrN. The van der Waals surface area contributed by atoms with Crippen LogP contribution in [-0.2, 0) is 0 Å². The molecule has 1 aromatic heterocycles. The largest absolute Gasteiger partial charge is 0.342 e. The van der Waals surface area contributed by atoms with Gasteiger partial charge in [0.2, 0.25) is 0 Å². The Kier molecular flexibility index (Phi) is 3.20. The second-order valence-electron chi connectivity index (χ2n) is 4.21. The fourth-order valence-electron chi connectivity index (χ4n) is 2.18. The van der Waals surface area contributed by atoms with Gasteiger partial charge in [0.15, 0.2) is 0 Å². The molecule has 0 amide bonds. The first-order valence-corrected chi connectivity index (χ1v) is 6.29. The number of aryl methyl sites for hydroxylation is 2. The number of nitrogens with zero attached hydrogens (tertiary/aromatic N) is 1.